The Bertz CT molecular complexity index is 1370. The number of piperazine rings is 1. The average molecular weight is 540 g/mol. The highest BCUT2D eigenvalue weighted by Gasteiger charge is 2.34. The maximum Gasteiger partial charge on any atom is 0.270 e. The molecule has 0 bridgehead atoms. The van der Waals surface area contributed by atoms with E-state index in [9.17, 15) is 19.2 Å². The number of hydrogen-bond donors (Lipinski definition) is 0. The Morgan fingerprint density at radius 3 is 2.41 bits per heavy atom. The number of rotatable bonds is 6. The van der Waals surface area contributed by atoms with Crippen LogP contribution in [-0.4, -0.2) is 52.4 Å². The molecule has 2 fully saturated rings. The molecule has 0 saturated carbocycles. The van der Waals surface area contributed by atoms with Gasteiger partial charge < -0.3 is 9.80 Å². The van der Waals surface area contributed by atoms with E-state index in [0.29, 0.717) is 71.1 Å². The molecule has 0 N–H and O–H groups in total. The molecule has 3 heterocycles. The molecular formula is C27H30FN5O2S2. The fourth-order valence-electron chi connectivity index (χ4n) is 4.80. The molecule has 2 saturated heterocycles. The van der Waals surface area contributed by atoms with Gasteiger partial charge in [0.2, 0.25) is 0 Å². The van der Waals surface area contributed by atoms with Crippen molar-refractivity contribution in [1.82, 2.24) is 9.47 Å². The van der Waals surface area contributed by atoms with E-state index in [1.54, 1.807) is 34.6 Å². The van der Waals surface area contributed by atoms with Gasteiger partial charge in [0.1, 0.15) is 27.6 Å². The van der Waals surface area contributed by atoms with Gasteiger partial charge in [-0.3, -0.25) is 19.1 Å². The van der Waals surface area contributed by atoms with Gasteiger partial charge >= 0.3 is 0 Å². The summed E-state index contributed by atoms with van der Waals surface area (Å²) in [6.07, 6.45) is 1.78. The standard InChI is InChI=1S/C27H30FN5O2S2/c1-5-32-24(31-12-10-30(11-13-31)22-9-7-6-8-21(22)28)19(18(4)20(15-29)25(32)34)14-23-26(35)33(16-17(2)3)27(36)37-23/h6-9,14,17H,5,10-13,16H2,1-4H3/b23-14-. The monoisotopic (exact) mass is 539 g/mol. The van der Waals surface area contributed by atoms with Crippen LogP contribution in [0.5, 0.6) is 0 Å². The summed E-state index contributed by atoms with van der Waals surface area (Å²) in [5.41, 5.74) is 1.48. The van der Waals surface area contributed by atoms with Gasteiger partial charge in [-0.05, 0) is 43.5 Å². The van der Waals surface area contributed by atoms with Crippen LogP contribution in [0, 0.1) is 30.0 Å². The highest BCUT2D eigenvalue weighted by molar-refractivity contribution is 8.26. The molecule has 194 valence electrons. The molecule has 2 aromatic rings. The minimum absolute atomic E-state index is 0.0690. The summed E-state index contributed by atoms with van der Waals surface area (Å²) in [6.45, 7) is 10.8. The maximum absolute atomic E-state index is 14.4. The van der Waals surface area contributed by atoms with Crippen molar-refractivity contribution in [3.63, 3.8) is 0 Å². The number of carbonyl (C=O) groups excluding carboxylic acids is 1. The Morgan fingerprint density at radius 2 is 1.81 bits per heavy atom. The van der Waals surface area contributed by atoms with Gasteiger partial charge in [0.15, 0.2) is 0 Å². The van der Waals surface area contributed by atoms with Crippen LogP contribution in [0.3, 0.4) is 0 Å². The van der Waals surface area contributed by atoms with Gasteiger partial charge in [-0.15, -0.1) is 0 Å². The van der Waals surface area contributed by atoms with Crippen LogP contribution in [0.25, 0.3) is 6.08 Å². The van der Waals surface area contributed by atoms with Gasteiger partial charge in [-0.2, -0.15) is 5.26 Å². The molecule has 7 nitrogen and oxygen atoms in total. The zero-order chi connectivity index (χ0) is 26.9. The first-order valence-electron chi connectivity index (χ1n) is 12.3. The lowest BCUT2D eigenvalue weighted by atomic mass is 10.0. The number of nitrogens with zero attached hydrogens (tertiary/aromatic N) is 5. The van der Waals surface area contributed by atoms with Crippen molar-refractivity contribution in [2.24, 2.45) is 5.92 Å². The van der Waals surface area contributed by atoms with E-state index < -0.39 is 0 Å². The number of pyridine rings is 1. The summed E-state index contributed by atoms with van der Waals surface area (Å²) in [7, 11) is 0. The molecule has 1 aromatic heterocycles. The smallest absolute Gasteiger partial charge is 0.270 e. The molecule has 0 radical (unpaired) electrons. The summed E-state index contributed by atoms with van der Waals surface area (Å²) < 4.78 is 16.5. The van der Waals surface area contributed by atoms with Crippen molar-refractivity contribution in [2.75, 3.05) is 42.5 Å². The van der Waals surface area contributed by atoms with Crippen LogP contribution in [0.4, 0.5) is 15.9 Å². The molecule has 0 spiro atoms. The summed E-state index contributed by atoms with van der Waals surface area (Å²) in [5, 5.41) is 9.79. The summed E-state index contributed by atoms with van der Waals surface area (Å²) in [6, 6.07) is 8.77. The lowest BCUT2D eigenvalue weighted by Crippen LogP contribution is -2.49. The van der Waals surface area contributed by atoms with E-state index in [0.717, 1.165) is 0 Å². The predicted molar refractivity (Wildman–Crippen MR) is 151 cm³/mol. The number of anilines is 2. The quantitative estimate of drug-likeness (QED) is 0.399. The van der Waals surface area contributed by atoms with Crippen molar-refractivity contribution in [3.05, 3.63) is 62.0 Å². The number of benzene rings is 1. The fraction of sp³-hybridized carbons (Fsp3) is 0.407. The number of aromatic nitrogens is 1. The number of thiocarbonyl (C=S) groups is 1. The molecule has 2 aliphatic rings. The second-order valence-electron chi connectivity index (χ2n) is 9.51. The van der Waals surface area contributed by atoms with Crippen molar-refractivity contribution >= 4 is 51.8 Å². The highest BCUT2D eigenvalue weighted by Crippen LogP contribution is 2.36. The van der Waals surface area contributed by atoms with Gasteiger partial charge in [0.25, 0.3) is 11.5 Å². The number of halogens is 1. The highest BCUT2D eigenvalue weighted by atomic mass is 32.2. The van der Waals surface area contributed by atoms with Gasteiger partial charge in [0.05, 0.1) is 10.6 Å². The van der Waals surface area contributed by atoms with Crippen LogP contribution >= 0.6 is 24.0 Å². The first-order chi connectivity index (χ1) is 17.7. The van der Waals surface area contributed by atoms with Crippen LogP contribution in [0.15, 0.2) is 34.0 Å². The van der Waals surface area contributed by atoms with Crippen LogP contribution in [0.1, 0.15) is 37.5 Å². The Kier molecular flexibility index (Phi) is 8.05. The van der Waals surface area contributed by atoms with Crippen molar-refractivity contribution in [2.45, 2.75) is 34.2 Å². The molecule has 2 aliphatic heterocycles. The number of thioether (sulfide) groups is 1. The number of hydrogen-bond acceptors (Lipinski definition) is 7. The topological polar surface area (TPSA) is 72.6 Å². The van der Waals surface area contributed by atoms with Gasteiger partial charge in [-0.25, -0.2) is 4.39 Å². The van der Waals surface area contributed by atoms with Crippen LogP contribution in [0.2, 0.25) is 0 Å². The Hall–Kier alpha value is -3.16. The zero-order valence-electron chi connectivity index (χ0n) is 21.5. The number of para-hydroxylation sites is 1. The largest absolute Gasteiger partial charge is 0.366 e. The molecule has 10 heteroatoms. The first kappa shape index (κ1) is 26.9. The number of nitriles is 1. The minimum Gasteiger partial charge on any atom is -0.366 e. The molecular weight excluding hydrogens is 509 g/mol. The van der Waals surface area contributed by atoms with Crippen LogP contribution in [-0.2, 0) is 11.3 Å². The predicted octanol–water partition coefficient (Wildman–Crippen LogP) is 4.37. The third kappa shape index (κ3) is 5.15. The lowest BCUT2D eigenvalue weighted by Gasteiger charge is -2.39. The molecule has 0 aliphatic carbocycles. The van der Waals surface area contributed by atoms with Gasteiger partial charge in [0, 0.05) is 44.8 Å². The summed E-state index contributed by atoms with van der Waals surface area (Å²) >= 11 is 6.72. The van der Waals surface area contributed by atoms with Gasteiger partial charge in [-0.1, -0.05) is 50.0 Å². The number of amides is 1. The minimum atomic E-state index is -0.349. The van der Waals surface area contributed by atoms with E-state index in [1.807, 2.05) is 31.7 Å². The zero-order valence-corrected chi connectivity index (χ0v) is 23.1. The maximum atomic E-state index is 14.4. The van der Waals surface area contributed by atoms with E-state index in [2.05, 4.69) is 11.0 Å². The van der Waals surface area contributed by atoms with Crippen molar-refractivity contribution in [1.29, 1.82) is 5.26 Å². The Morgan fingerprint density at radius 1 is 1.16 bits per heavy atom. The third-order valence-electron chi connectivity index (χ3n) is 6.63. The molecule has 37 heavy (non-hydrogen) atoms. The summed E-state index contributed by atoms with van der Waals surface area (Å²) in [4.78, 5) is 32.7. The van der Waals surface area contributed by atoms with E-state index in [-0.39, 0.29) is 28.8 Å². The molecule has 4 rings (SSSR count). The van der Waals surface area contributed by atoms with Crippen molar-refractivity contribution in [3.8, 4) is 6.07 Å². The molecule has 1 amide bonds. The van der Waals surface area contributed by atoms with Crippen LogP contribution < -0.4 is 15.4 Å². The summed E-state index contributed by atoms with van der Waals surface area (Å²) in [5.74, 6) is 0.509. The third-order valence-corrected chi connectivity index (χ3v) is 8.01. The Labute approximate surface area is 226 Å². The molecule has 0 atom stereocenters. The molecule has 0 unspecified atom stereocenters. The number of carbonyl (C=O) groups is 1. The van der Waals surface area contributed by atoms with Crippen molar-refractivity contribution < 1.29 is 9.18 Å². The second kappa shape index (κ2) is 11.1. The second-order valence-corrected chi connectivity index (χ2v) is 11.2. The first-order valence-corrected chi connectivity index (χ1v) is 13.6. The van der Waals surface area contributed by atoms with E-state index >= 15 is 0 Å². The lowest BCUT2D eigenvalue weighted by molar-refractivity contribution is -0.122. The Balaban J connectivity index is 1.77. The fourth-order valence-corrected chi connectivity index (χ4v) is 6.06. The van der Waals surface area contributed by atoms with E-state index in [1.165, 1.54) is 17.8 Å². The van der Waals surface area contributed by atoms with E-state index in [4.69, 9.17) is 12.2 Å². The normalized spacial score (nSPS) is 17.3. The molecule has 1 aromatic carbocycles. The SMILES string of the molecule is CCn1c(N2CCN(c3ccccc3F)CC2)c(/C=C2\SC(=S)N(CC(C)C)C2=O)c(C)c(C#N)c1=O. The average Bonchev–Trinajstić information content (AvgIpc) is 3.13.